The van der Waals surface area contributed by atoms with E-state index in [1.807, 2.05) is 30.0 Å². The molecule has 24 heavy (non-hydrogen) atoms. The Kier molecular flexibility index (Phi) is 4.76. The molecule has 4 rings (SSSR count). The Hall–Kier alpha value is -1.53. The molecular weight excluding hydrogens is 322 g/mol. The highest BCUT2D eigenvalue weighted by Crippen LogP contribution is 2.26. The Morgan fingerprint density at radius 1 is 1.25 bits per heavy atom. The lowest BCUT2D eigenvalue weighted by Gasteiger charge is -2.27. The van der Waals surface area contributed by atoms with Crippen LogP contribution in [0.2, 0.25) is 0 Å². The summed E-state index contributed by atoms with van der Waals surface area (Å²) in [4.78, 5) is 19.9. The first-order valence-corrected chi connectivity index (χ1v) is 9.82. The van der Waals surface area contributed by atoms with Gasteiger partial charge in [0, 0.05) is 30.2 Å². The lowest BCUT2D eigenvalue weighted by atomic mass is 9.93. The molecule has 1 aliphatic carbocycles. The predicted octanol–water partition coefficient (Wildman–Crippen LogP) is 3.30. The normalized spacial score (nSPS) is 19.3. The van der Waals surface area contributed by atoms with E-state index >= 15 is 0 Å². The molecule has 0 radical (unpaired) electrons. The lowest BCUT2D eigenvalue weighted by molar-refractivity contribution is 0.1000. The predicted molar refractivity (Wildman–Crippen MR) is 98.8 cm³/mol. The average molecular weight is 345 g/mol. The minimum absolute atomic E-state index is 0.0437. The fourth-order valence-electron chi connectivity index (χ4n) is 3.17. The molecule has 1 aliphatic heterocycles. The summed E-state index contributed by atoms with van der Waals surface area (Å²) in [5.74, 6) is 1.51. The van der Waals surface area contributed by atoms with E-state index in [9.17, 15) is 4.79 Å². The third kappa shape index (κ3) is 3.59. The molecule has 2 heterocycles. The van der Waals surface area contributed by atoms with Crippen LogP contribution in [0.25, 0.3) is 10.9 Å². The van der Waals surface area contributed by atoms with Crippen LogP contribution in [0.1, 0.15) is 37.9 Å². The van der Waals surface area contributed by atoms with Gasteiger partial charge in [-0.15, -0.1) is 0 Å². The van der Waals surface area contributed by atoms with E-state index in [0.29, 0.717) is 16.7 Å². The molecule has 6 heteroatoms. The second-order valence-corrected chi connectivity index (χ2v) is 7.93. The SMILES string of the molecule is O=c1[nH]c(CSC2CCOCC2)nc2cc(NC3CCC3)ccc12. The zero-order chi connectivity index (χ0) is 16.4. The van der Waals surface area contributed by atoms with Crippen molar-refractivity contribution in [3.63, 3.8) is 0 Å². The molecule has 0 bridgehead atoms. The summed E-state index contributed by atoms with van der Waals surface area (Å²) in [6.07, 6.45) is 5.92. The van der Waals surface area contributed by atoms with Gasteiger partial charge in [-0.25, -0.2) is 4.98 Å². The first-order chi connectivity index (χ1) is 11.8. The van der Waals surface area contributed by atoms with E-state index in [2.05, 4.69) is 15.3 Å². The zero-order valence-corrected chi connectivity index (χ0v) is 14.5. The van der Waals surface area contributed by atoms with Crippen LogP contribution in [0.5, 0.6) is 0 Å². The van der Waals surface area contributed by atoms with Crippen LogP contribution in [0, 0.1) is 0 Å². The Morgan fingerprint density at radius 2 is 2.08 bits per heavy atom. The highest BCUT2D eigenvalue weighted by Gasteiger charge is 2.17. The van der Waals surface area contributed by atoms with Crippen LogP contribution in [0.4, 0.5) is 5.69 Å². The molecule has 5 nitrogen and oxygen atoms in total. The minimum atomic E-state index is -0.0437. The smallest absolute Gasteiger partial charge is 0.258 e. The number of nitrogens with one attached hydrogen (secondary N) is 2. The molecule has 1 saturated heterocycles. The van der Waals surface area contributed by atoms with E-state index in [0.717, 1.165) is 48.8 Å². The van der Waals surface area contributed by atoms with Crippen molar-refractivity contribution in [1.29, 1.82) is 0 Å². The van der Waals surface area contributed by atoms with Crippen molar-refractivity contribution in [2.45, 2.75) is 49.1 Å². The number of rotatable bonds is 5. The zero-order valence-electron chi connectivity index (χ0n) is 13.7. The van der Waals surface area contributed by atoms with Crippen molar-refractivity contribution < 1.29 is 4.74 Å². The standard InChI is InChI=1S/C18H23N3O2S/c22-18-15-5-4-13(19-12-2-1-3-12)10-16(15)20-17(21-18)11-24-14-6-8-23-9-7-14/h4-5,10,12,14,19H,1-3,6-9,11H2,(H,20,21,22). The molecule has 0 atom stereocenters. The highest BCUT2D eigenvalue weighted by molar-refractivity contribution is 7.99. The topological polar surface area (TPSA) is 67.0 Å². The van der Waals surface area contributed by atoms with Crippen molar-refractivity contribution in [3.05, 3.63) is 34.4 Å². The van der Waals surface area contributed by atoms with Gasteiger partial charge in [0.1, 0.15) is 5.82 Å². The second-order valence-electron chi connectivity index (χ2n) is 6.64. The third-order valence-electron chi connectivity index (χ3n) is 4.86. The van der Waals surface area contributed by atoms with E-state index in [1.165, 1.54) is 19.3 Å². The third-order valence-corrected chi connectivity index (χ3v) is 6.24. The summed E-state index contributed by atoms with van der Waals surface area (Å²) >= 11 is 1.87. The maximum absolute atomic E-state index is 12.3. The maximum Gasteiger partial charge on any atom is 0.258 e. The van der Waals surface area contributed by atoms with Crippen molar-refractivity contribution >= 4 is 28.4 Å². The average Bonchev–Trinajstić information content (AvgIpc) is 2.57. The Labute approximate surface area is 145 Å². The van der Waals surface area contributed by atoms with Crippen LogP contribution < -0.4 is 10.9 Å². The molecule has 2 N–H and O–H groups in total. The summed E-state index contributed by atoms with van der Waals surface area (Å²) in [7, 11) is 0. The van der Waals surface area contributed by atoms with E-state index in [-0.39, 0.29) is 5.56 Å². The number of thioether (sulfide) groups is 1. The molecule has 2 aromatic rings. The quantitative estimate of drug-likeness (QED) is 0.870. The minimum Gasteiger partial charge on any atom is -0.382 e. The molecule has 1 saturated carbocycles. The Morgan fingerprint density at radius 3 is 2.83 bits per heavy atom. The van der Waals surface area contributed by atoms with Crippen molar-refractivity contribution in [3.8, 4) is 0 Å². The van der Waals surface area contributed by atoms with Crippen LogP contribution in [0.15, 0.2) is 23.0 Å². The summed E-state index contributed by atoms with van der Waals surface area (Å²) in [6, 6.07) is 6.44. The number of aromatic amines is 1. The van der Waals surface area contributed by atoms with E-state index in [4.69, 9.17) is 4.74 Å². The molecule has 0 amide bonds. The van der Waals surface area contributed by atoms with Gasteiger partial charge in [-0.05, 0) is 50.3 Å². The van der Waals surface area contributed by atoms with E-state index in [1.54, 1.807) is 0 Å². The van der Waals surface area contributed by atoms with Crippen molar-refractivity contribution in [1.82, 2.24) is 9.97 Å². The molecule has 1 aromatic heterocycles. The fraction of sp³-hybridized carbons (Fsp3) is 0.556. The van der Waals surface area contributed by atoms with Gasteiger partial charge in [0.15, 0.2) is 0 Å². The molecule has 0 spiro atoms. The van der Waals surface area contributed by atoms with Gasteiger partial charge in [0.05, 0.1) is 16.7 Å². The number of anilines is 1. The molecule has 0 unspecified atom stereocenters. The van der Waals surface area contributed by atoms with Crippen molar-refractivity contribution in [2.24, 2.45) is 0 Å². The number of nitrogens with zero attached hydrogens (tertiary/aromatic N) is 1. The Balaban J connectivity index is 1.51. The number of benzene rings is 1. The maximum atomic E-state index is 12.3. The van der Waals surface area contributed by atoms with Crippen LogP contribution in [-0.4, -0.2) is 34.5 Å². The van der Waals surface area contributed by atoms with Crippen LogP contribution in [0.3, 0.4) is 0 Å². The van der Waals surface area contributed by atoms with Crippen LogP contribution >= 0.6 is 11.8 Å². The molecule has 128 valence electrons. The number of fused-ring (bicyclic) bond motifs is 1. The van der Waals surface area contributed by atoms with Gasteiger partial charge in [0.25, 0.3) is 5.56 Å². The number of H-pyrrole nitrogens is 1. The molecule has 2 fully saturated rings. The van der Waals surface area contributed by atoms with Gasteiger partial charge >= 0.3 is 0 Å². The number of hydrogen-bond donors (Lipinski definition) is 2. The van der Waals surface area contributed by atoms with Gasteiger partial charge in [-0.2, -0.15) is 11.8 Å². The number of ether oxygens (including phenoxy) is 1. The Bertz CT molecular complexity index is 766. The molecule has 2 aliphatic rings. The monoisotopic (exact) mass is 345 g/mol. The first-order valence-electron chi connectivity index (χ1n) is 8.77. The second kappa shape index (κ2) is 7.15. The van der Waals surface area contributed by atoms with Gasteiger partial charge < -0.3 is 15.0 Å². The molecular formula is C18H23N3O2S. The largest absolute Gasteiger partial charge is 0.382 e. The van der Waals surface area contributed by atoms with Gasteiger partial charge in [-0.3, -0.25) is 4.79 Å². The number of hydrogen-bond acceptors (Lipinski definition) is 5. The fourth-order valence-corrected chi connectivity index (χ4v) is 4.23. The van der Waals surface area contributed by atoms with Crippen molar-refractivity contribution in [2.75, 3.05) is 18.5 Å². The molecule has 1 aromatic carbocycles. The summed E-state index contributed by atoms with van der Waals surface area (Å²) in [6.45, 7) is 1.69. The van der Waals surface area contributed by atoms with Gasteiger partial charge in [0.2, 0.25) is 0 Å². The summed E-state index contributed by atoms with van der Waals surface area (Å²) in [5.41, 5.74) is 1.80. The highest BCUT2D eigenvalue weighted by atomic mass is 32.2. The summed E-state index contributed by atoms with van der Waals surface area (Å²) < 4.78 is 5.39. The van der Waals surface area contributed by atoms with E-state index < -0.39 is 0 Å². The van der Waals surface area contributed by atoms with Gasteiger partial charge in [-0.1, -0.05) is 0 Å². The lowest BCUT2D eigenvalue weighted by Crippen LogP contribution is -2.26. The van der Waals surface area contributed by atoms with Crippen LogP contribution in [-0.2, 0) is 10.5 Å². The first kappa shape index (κ1) is 16.0. The number of aromatic nitrogens is 2. The summed E-state index contributed by atoms with van der Waals surface area (Å²) in [5, 5.41) is 4.79.